The third-order valence-corrected chi connectivity index (χ3v) is 5.69. The molecule has 2 aromatic rings. The Bertz CT molecular complexity index is 899. The van der Waals surface area contributed by atoms with Gasteiger partial charge in [-0.2, -0.15) is 0 Å². The molecule has 2 aliphatic rings. The molecule has 2 fully saturated rings. The van der Waals surface area contributed by atoms with Crippen LogP contribution in [0.15, 0.2) is 36.5 Å². The van der Waals surface area contributed by atoms with E-state index in [9.17, 15) is 9.90 Å². The van der Waals surface area contributed by atoms with Crippen molar-refractivity contribution in [2.45, 2.75) is 64.1 Å². The molecule has 5 nitrogen and oxygen atoms in total. The second-order valence-corrected chi connectivity index (χ2v) is 9.20. The van der Waals surface area contributed by atoms with Gasteiger partial charge in [0.25, 0.3) is 0 Å². The molecule has 1 saturated carbocycles. The van der Waals surface area contributed by atoms with E-state index in [4.69, 9.17) is 9.72 Å². The van der Waals surface area contributed by atoms with Gasteiger partial charge in [-0.1, -0.05) is 24.3 Å². The van der Waals surface area contributed by atoms with Crippen molar-refractivity contribution in [3.63, 3.8) is 0 Å². The number of hydrogen-bond donors (Lipinski definition) is 1. The molecule has 1 aliphatic heterocycles. The van der Waals surface area contributed by atoms with Gasteiger partial charge in [0.05, 0.1) is 12.3 Å². The topological polar surface area (TPSA) is 62.7 Å². The Kier molecular flexibility index (Phi) is 5.34. The highest BCUT2D eigenvalue weighted by molar-refractivity contribution is 5.70. The fourth-order valence-electron chi connectivity index (χ4n) is 4.15. The summed E-state index contributed by atoms with van der Waals surface area (Å²) in [6.07, 6.45) is 4.97. The van der Waals surface area contributed by atoms with E-state index in [-0.39, 0.29) is 18.6 Å². The number of amides is 1. The van der Waals surface area contributed by atoms with Gasteiger partial charge < -0.3 is 14.7 Å². The fourth-order valence-corrected chi connectivity index (χ4v) is 4.15. The van der Waals surface area contributed by atoms with Crippen molar-refractivity contribution in [2.75, 3.05) is 13.1 Å². The number of nitrogens with zero attached hydrogens (tertiary/aromatic N) is 2. The van der Waals surface area contributed by atoms with E-state index in [0.717, 1.165) is 23.2 Å². The van der Waals surface area contributed by atoms with E-state index >= 15 is 0 Å². The van der Waals surface area contributed by atoms with E-state index in [2.05, 4.69) is 30.3 Å². The van der Waals surface area contributed by atoms with Gasteiger partial charge in [-0.25, -0.2) is 4.79 Å². The Morgan fingerprint density at radius 2 is 1.97 bits per heavy atom. The lowest BCUT2D eigenvalue weighted by atomic mass is 9.94. The van der Waals surface area contributed by atoms with Gasteiger partial charge in [0.2, 0.25) is 0 Å². The molecule has 0 bridgehead atoms. The molecule has 1 aliphatic carbocycles. The lowest BCUT2D eigenvalue weighted by Gasteiger charge is -2.24. The normalized spacial score (nSPS) is 19.4. The minimum atomic E-state index is -0.500. The van der Waals surface area contributed by atoms with E-state index in [0.29, 0.717) is 19.0 Å². The maximum absolute atomic E-state index is 12.4. The fraction of sp³-hybridized carbons (Fsp3) is 0.500. The molecule has 0 spiro atoms. The SMILES string of the molecule is CC(C)(C)OC(=O)N1CCC(c2ncc(-c3ccccc3C3CC3)cc2CO)C1. The first-order chi connectivity index (χ1) is 13.9. The smallest absolute Gasteiger partial charge is 0.410 e. The van der Waals surface area contributed by atoms with Crippen LogP contribution >= 0.6 is 0 Å². The average molecular weight is 395 g/mol. The van der Waals surface area contributed by atoms with Gasteiger partial charge in [0, 0.05) is 30.8 Å². The monoisotopic (exact) mass is 394 g/mol. The maximum atomic E-state index is 12.4. The molecule has 1 saturated heterocycles. The lowest BCUT2D eigenvalue weighted by molar-refractivity contribution is 0.0292. The van der Waals surface area contributed by atoms with Crippen molar-refractivity contribution in [1.29, 1.82) is 0 Å². The quantitative estimate of drug-likeness (QED) is 0.806. The molecule has 1 atom stereocenters. The predicted molar refractivity (Wildman–Crippen MR) is 113 cm³/mol. The summed E-state index contributed by atoms with van der Waals surface area (Å²) in [6.45, 7) is 6.81. The second-order valence-electron chi connectivity index (χ2n) is 9.20. The number of ether oxygens (including phenoxy) is 1. The van der Waals surface area contributed by atoms with Crippen molar-refractivity contribution < 1.29 is 14.6 Å². The molecule has 1 aromatic carbocycles. The second kappa shape index (κ2) is 7.79. The highest BCUT2D eigenvalue weighted by atomic mass is 16.6. The lowest BCUT2D eigenvalue weighted by Crippen LogP contribution is -2.35. The Balaban J connectivity index is 1.55. The van der Waals surface area contributed by atoms with Crippen LogP contribution in [0.5, 0.6) is 0 Å². The molecule has 0 radical (unpaired) electrons. The van der Waals surface area contributed by atoms with Gasteiger partial charge in [-0.3, -0.25) is 4.98 Å². The molecular formula is C24H30N2O3. The number of aliphatic hydroxyl groups excluding tert-OH is 1. The molecule has 1 aromatic heterocycles. The Hall–Kier alpha value is -2.40. The number of carbonyl (C=O) groups is 1. The number of benzene rings is 1. The van der Waals surface area contributed by atoms with Crippen molar-refractivity contribution >= 4 is 6.09 Å². The van der Waals surface area contributed by atoms with Crippen LogP contribution < -0.4 is 0 Å². The third-order valence-electron chi connectivity index (χ3n) is 5.69. The maximum Gasteiger partial charge on any atom is 0.410 e. The largest absolute Gasteiger partial charge is 0.444 e. The summed E-state index contributed by atoms with van der Waals surface area (Å²) in [6, 6.07) is 10.6. The van der Waals surface area contributed by atoms with Gasteiger partial charge >= 0.3 is 6.09 Å². The van der Waals surface area contributed by atoms with Crippen LogP contribution in [-0.4, -0.2) is 39.8 Å². The van der Waals surface area contributed by atoms with Crippen LogP contribution in [0.25, 0.3) is 11.1 Å². The zero-order valence-corrected chi connectivity index (χ0v) is 17.5. The van der Waals surface area contributed by atoms with Crippen molar-refractivity contribution in [2.24, 2.45) is 0 Å². The summed E-state index contributed by atoms with van der Waals surface area (Å²) < 4.78 is 5.50. The Morgan fingerprint density at radius 1 is 1.21 bits per heavy atom. The van der Waals surface area contributed by atoms with Crippen LogP contribution in [-0.2, 0) is 11.3 Å². The molecule has 29 heavy (non-hydrogen) atoms. The summed E-state index contributed by atoms with van der Waals surface area (Å²) in [4.78, 5) is 18.9. The van der Waals surface area contributed by atoms with Crippen LogP contribution in [0.4, 0.5) is 4.79 Å². The summed E-state index contributed by atoms with van der Waals surface area (Å²) in [5.74, 6) is 0.776. The number of hydrogen-bond acceptors (Lipinski definition) is 4. The molecule has 5 heteroatoms. The van der Waals surface area contributed by atoms with Gasteiger partial charge in [0.15, 0.2) is 0 Å². The molecule has 154 valence electrons. The van der Waals surface area contributed by atoms with E-state index in [1.807, 2.05) is 27.0 Å². The summed E-state index contributed by atoms with van der Waals surface area (Å²) >= 11 is 0. The van der Waals surface area contributed by atoms with E-state index < -0.39 is 5.60 Å². The third kappa shape index (κ3) is 4.45. The van der Waals surface area contributed by atoms with Crippen LogP contribution in [0.1, 0.15) is 68.7 Å². The number of likely N-dealkylation sites (tertiary alicyclic amines) is 1. The minimum absolute atomic E-state index is 0.0509. The predicted octanol–water partition coefficient (Wildman–Crippen LogP) is 4.84. The molecule has 1 amide bonds. The average Bonchev–Trinajstić information content (AvgIpc) is 3.42. The highest BCUT2D eigenvalue weighted by Crippen LogP contribution is 2.44. The molecule has 1 unspecified atom stereocenters. The summed E-state index contributed by atoms with van der Waals surface area (Å²) in [5, 5.41) is 10.0. The number of rotatable bonds is 4. The Morgan fingerprint density at radius 3 is 2.66 bits per heavy atom. The number of aromatic nitrogens is 1. The first kappa shape index (κ1) is 19.9. The van der Waals surface area contributed by atoms with Crippen LogP contribution in [0.3, 0.4) is 0 Å². The van der Waals surface area contributed by atoms with E-state index in [1.165, 1.54) is 24.0 Å². The summed E-state index contributed by atoms with van der Waals surface area (Å²) in [7, 11) is 0. The summed E-state index contributed by atoms with van der Waals surface area (Å²) in [5.41, 5.74) is 4.89. The first-order valence-corrected chi connectivity index (χ1v) is 10.5. The van der Waals surface area contributed by atoms with Crippen molar-refractivity contribution in [3.05, 3.63) is 53.3 Å². The minimum Gasteiger partial charge on any atom is -0.444 e. The molecule has 2 heterocycles. The highest BCUT2D eigenvalue weighted by Gasteiger charge is 2.32. The molecule has 4 rings (SSSR count). The van der Waals surface area contributed by atoms with Crippen molar-refractivity contribution in [3.8, 4) is 11.1 Å². The van der Waals surface area contributed by atoms with Crippen LogP contribution in [0.2, 0.25) is 0 Å². The van der Waals surface area contributed by atoms with Gasteiger partial charge in [0.1, 0.15) is 5.60 Å². The zero-order chi connectivity index (χ0) is 20.6. The standard InChI is InChI=1S/C24H30N2O3/c1-24(2,3)29-23(28)26-11-10-17(14-26)22-19(15-27)12-18(13-25-22)21-7-5-4-6-20(21)16-8-9-16/h4-7,12-13,16-17,27H,8-11,14-15H2,1-3H3. The van der Waals surface area contributed by atoms with Gasteiger partial charge in [-0.15, -0.1) is 0 Å². The first-order valence-electron chi connectivity index (χ1n) is 10.5. The Labute approximate surface area is 172 Å². The molecular weight excluding hydrogens is 364 g/mol. The molecule has 1 N–H and O–H groups in total. The van der Waals surface area contributed by atoms with Crippen LogP contribution in [0, 0.1) is 0 Å². The van der Waals surface area contributed by atoms with Gasteiger partial charge in [-0.05, 0) is 68.7 Å². The van der Waals surface area contributed by atoms with Crippen molar-refractivity contribution in [1.82, 2.24) is 9.88 Å². The van der Waals surface area contributed by atoms with E-state index in [1.54, 1.807) is 4.90 Å². The number of pyridine rings is 1. The number of aliphatic hydroxyl groups is 1. The number of carbonyl (C=O) groups excluding carboxylic acids is 1. The zero-order valence-electron chi connectivity index (χ0n) is 17.5.